The predicted octanol–water partition coefficient (Wildman–Crippen LogP) is 4.39. The molecule has 0 bridgehead atoms. The number of carbonyl (C=O) groups excluding carboxylic acids is 3. The van der Waals surface area contributed by atoms with Gasteiger partial charge in [0.2, 0.25) is 0 Å². The van der Waals surface area contributed by atoms with Gasteiger partial charge in [0.25, 0.3) is 17.7 Å². The number of fused-ring (bicyclic) bond motifs is 1. The van der Waals surface area contributed by atoms with Crippen LogP contribution in [0.15, 0.2) is 60.7 Å². The first-order valence-corrected chi connectivity index (χ1v) is 9.84. The van der Waals surface area contributed by atoms with Crippen LogP contribution < -0.4 is 14.5 Å². The number of hydrogen-bond donors (Lipinski definition) is 0. The lowest BCUT2D eigenvalue weighted by atomic mass is 10.0. The van der Waals surface area contributed by atoms with Gasteiger partial charge in [-0.15, -0.1) is 0 Å². The molecule has 3 amide bonds. The zero-order valence-electron chi connectivity index (χ0n) is 17.8. The Morgan fingerprint density at radius 2 is 1.61 bits per heavy atom. The van der Waals surface area contributed by atoms with Gasteiger partial charge < -0.3 is 9.64 Å². The van der Waals surface area contributed by atoms with Crippen LogP contribution in [0.1, 0.15) is 42.2 Å². The molecule has 1 aliphatic rings. The molecule has 1 aliphatic heterocycles. The van der Waals surface area contributed by atoms with Crippen molar-refractivity contribution in [3.05, 3.63) is 88.5 Å². The first-order valence-electron chi connectivity index (χ1n) is 9.84. The van der Waals surface area contributed by atoms with Crippen LogP contribution in [0, 0.1) is 13.8 Å². The topological polar surface area (TPSA) is 66.9 Å². The number of para-hydroxylation sites is 2. The summed E-state index contributed by atoms with van der Waals surface area (Å²) in [4.78, 5) is 41.9. The number of amides is 3. The van der Waals surface area contributed by atoms with Gasteiger partial charge in [0.15, 0.2) is 0 Å². The number of methoxy groups -OCH3 is 1. The van der Waals surface area contributed by atoms with Crippen LogP contribution in [0.25, 0.3) is 0 Å². The van der Waals surface area contributed by atoms with E-state index < -0.39 is 5.91 Å². The molecule has 6 heteroatoms. The van der Waals surface area contributed by atoms with E-state index in [1.165, 1.54) is 15.9 Å². The summed E-state index contributed by atoms with van der Waals surface area (Å²) >= 11 is 0. The zero-order valence-corrected chi connectivity index (χ0v) is 17.8. The highest BCUT2D eigenvalue weighted by Crippen LogP contribution is 2.33. The van der Waals surface area contributed by atoms with Crippen molar-refractivity contribution >= 4 is 29.1 Å². The van der Waals surface area contributed by atoms with E-state index in [-0.39, 0.29) is 17.4 Å². The molecule has 0 fully saturated rings. The fourth-order valence-corrected chi connectivity index (χ4v) is 3.76. The Morgan fingerprint density at radius 3 is 2.35 bits per heavy atom. The minimum atomic E-state index is -0.428. The van der Waals surface area contributed by atoms with Crippen LogP contribution in [-0.2, 0) is 0 Å². The number of aryl methyl sites for hydroxylation is 2. The highest BCUT2D eigenvalue weighted by atomic mass is 16.5. The number of imide groups is 1. The predicted molar refractivity (Wildman–Crippen MR) is 119 cm³/mol. The number of rotatable bonds is 4. The third-order valence-corrected chi connectivity index (χ3v) is 5.49. The van der Waals surface area contributed by atoms with Crippen molar-refractivity contribution in [2.45, 2.75) is 13.8 Å². The van der Waals surface area contributed by atoms with Gasteiger partial charge in [-0.3, -0.25) is 14.4 Å². The summed E-state index contributed by atoms with van der Waals surface area (Å²) in [5.74, 6) is -0.557. The molecular weight excluding hydrogens is 392 g/mol. The van der Waals surface area contributed by atoms with Crippen LogP contribution in [0.5, 0.6) is 5.75 Å². The lowest BCUT2D eigenvalue weighted by molar-refractivity contribution is 0.0925. The summed E-state index contributed by atoms with van der Waals surface area (Å²) < 4.78 is 5.34. The second kappa shape index (κ2) is 7.72. The van der Waals surface area contributed by atoms with Gasteiger partial charge in [-0.2, -0.15) is 0 Å². The van der Waals surface area contributed by atoms with E-state index in [9.17, 15) is 14.4 Å². The molecule has 0 saturated carbocycles. The monoisotopic (exact) mass is 414 g/mol. The molecular formula is C25H22N2O4. The highest BCUT2D eigenvalue weighted by Gasteiger charge is 2.38. The van der Waals surface area contributed by atoms with E-state index in [2.05, 4.69) is 0 Å². The Morgan fingerprint density at radius 1 is 0.903 bits per heavy atom. The maximum atomic E-state index is 13.1. The molecule has 0 saturated heterocycles. The van der Waals surface area contributed by atoms with Crippen molar-refractivity contribution in [2.24, 2.45) is 0 Å². The lowest BCUT2D eigenvalue weighted by Gasteiger charge is -2.20. The molecule has 0 aliphatic carbocycles. The highest BCUT2D eigenvalue weighted by molar-refractivity contribution is 6.35. The van der Waals surface area contributed by atoms with E-state index in [0.29, 0.717) is 28.3 Å². The van der Waals surface area contributed by atoms with Gasteiger partial charge in [0, 0.05) is 12.6 Å². The number of carbonyl (C=O) groups is 3. The van der Waals surface area contributed by atoms with E-state index in [0.717, 1.165) is 11.1 Å². The van der Waals surface area contributed by atoms with Gasteiger partial charge in [-0.25, -0.2) is 4.90 Å². The Kier molecular flexibility index (Phi) is 5.07. The van der Waals surface area contributed by atoms with E-state index in [1.54, 1.807) is 38.4 Å². The van der Waals surface area contributed by atoms with Crippen LogP contribution in [-0.4, -0.2) is 31.9 Å². The van der Waals surface area contributed by atoms with Gasteiger partial charge >= 0.3 is 0 Å². The molecule has 0 unspecified atom stereocenters. The van der Waals surface area contributed by atoms with Gasteiger partial charge in [0.05, 0.1) is 29.6 Å². The fourth-order valence-electron chi connectivity index (χ4n) is 3.76. The molecule has 0 atom stereocenters. The van der Waals surface area contributed by atoms with Crippen molar-refractivity contribution < 1.29 is 19.1 Å². The van der Waals surface area contributed by atoms with E-state index in [4.69, 9.17) is 4.74 Å². The van der Waals surface area contributed by atoms with Crippen LogP contribution in [0.4, 0.5) is 11.4 Å². The number of hydrogen-bond acceptors (Lipinski definition) is 4. The minimum Gasteiger partial charge on any atom is -0.495 e. The summed E-state index contributed by atoms with van der Waals surface area (Å²) in [7, 11) is 3.18. The number of anilines is 2. The summed E-state index contributed by atoms with van der Waals surface area (Å²) in [5, 5.41) is 0. The standard InChI is InChI=1S/C25H22N2O4/c1-15-9-10-16(2)21(13-15)27-24(29)18-12-11-17(14-19(18)25(27)30)23(28)26(3)20-7-5-6-8-22(20)31-4/h5-14H,1-4H3. The van der Waals surface area contributed by atoms with Gasteiger partial charge in [-0.1, -0.05) is 24.3 Å². The zero-order chi connectivity index (χ0) is 22.3. The Bertz CT molecular complexity index is 1230. The van der Waals surface area contributed by atoms with Crippen LogP contribution >= 0.6 is 0 Å². The number of ether oxygens (including phenoxy) is 1. The average molecular weight is 414 g/mol. The van der Waals surface area contributed by atoms with Crippen molar-refractivity contribution in [1.29, 1.82) is 0 Å². The molecule has 1 heterocycles. The third-order valence-electron chi connectivity index (χ3n) is 5.49. The molecule has 0 aromatic heterocycles. The Hall–Kier alpha value is -3.93. The second-order valence-electron chi connectivity index (χ2n) is 7.53. The largest absolute Gasteiger partial charge is 0.495 e. The van der Waals surface area contributed by atoms with E-state index >= 15 is 0 Å². The molecule has 31 heavy (non-hydrogen) atoms. The first kappa shape index (κ1) is 20.3. The van der Waals surface area contributed by atoms with Crippen molar-refractivity contribution in [3.63, 3.8) is 0 Å². The minimum absolute atomic E-state index is 0.227. The number of benzene rings is 3. The second-order valence-corrected chi connectivity index (χ2v) is 7.53. The average Bonchev–Trinajstić information content (AvgIpc) is 3.03. The van der Waals surface area contributed by atoms with Crippen LogP contribution in [0.2, 0.25) is 0 Å². The summed E-state index contributed by atoms with van der Waals surface area (Å²) in [6.07, 6.45) is 0. The normalized spacial score (nSPS) is 12.7. The SMILES string of the molecule is COc1ccccc1N(C)C(=O)c1ccc2c(c1)C(=O)N(c1cc(C)ccc1C)C2=O. The summed E-state index contributed by atoms with van der Waals surface area (Å²) in [5.41, 5.74) is 3.78. The maximum absolute atomic E-state index is 13.1. The summed E-state index contributed by atoms with van der Waals surface area (Å²) in [6, 6.07) is 17.4. The molecule has 3 aromatic rings. The maximum Gasteiger partial charge on any atom is 0.266 e. The van der Waals surface area contributed by atoms with Crippen molar-refractivity contribution in [3.8, 4) is 5.75 Å². The molecule has 0 radical (unpaired) electrons. The molecule has 156 valence electrons. The Labute approximate surface area is 180 Å². The smallest absolute Gasteiger partial charge is 0.266 e. The quantitative estimate of drug-likeness (QED) is 0.594. The van der Waals surface area contributed by atoms with Gasteiger partial charge in [0.1, 0.15) is 5.75 Å². The molecule has 4 rings (SSSR count). The number of nitrogens with zero attached hydrogens (tertiary/aromatic N) is 2. The van der Waals surface area contributed by atoms with Crippen LogP contribution in [0.3, 0.4) is 0 Å². The summed E-state index contributed by atoms with van der Waals surface area (Å²) in [6.45, 7) is 3.76. The third kappa shape index (κ3) is 3.36. The molecule has 0 spiro atoms. The lowest BCUT2D eigenvalue weighted by Crippen LogP contribution is -2.30. The fraction of sp³-hybridized carbons (Fsp3) is 0.160. The van der Waals surface area contributed by atoms with Gasteiger partial charge in [-0.05, 0) is 61.4 Å². The van der Waals surface area contributed by atoms with Crippen molar-refractivity contribution in [1.82, 2.24) is 0 Å². The Balaban J connectivity index is 1.70. The first-order chi connectivity index (χ1) is 14.8. The van der Waals surface area contributed by atoms with E-state index in [1.807, 2.05) is 44.2 Å². The van der Waals surface area contributed by atoms with Crippen molar-refractivity contribution in [2.75, 3.05) is 24.0 Å². The molecule has 3 aromatic carbocycles. The molecule has 6 nitrogen and oxygen atoms in total. The molecule has 0 N–H and O–H groups in total.